The number of sulfonamides is 1. The van der Waals surface area contributed by atoms with Gasteiger partial charge in [0.2, 0.25) is 0 Å². The zero-order valence-electron chi connectivity index (χ0n) is 14.4. The van der Waals surface area contributed by atoms with Gasteiger partial charge in [0, 0.05) is 6.07 Å². The SMILES string of the molecule is COc1cc(C(C)C)c2c(c1)S(=O)(=O)N(COC(=O)c1cccs1)C2=O. The highest BCUT2D eigenvalue weighted by Gasteiger charge is 2.44. The first-order valence-corrected chi connectivity index (χ1v) is 10.1. The van der Waals surface area contributed by atoms with Gasteiger partial charge in [0.1, 0.15) is 15.5 Å². The van der Waals surface area contributed by atoms with E-state index in [9.17, 15) is 18.0 Å². The van der Waals surface area contributed by atoms with E-state index >= 15 is 0 Å². The van der Waals surface area contributed by atoms with Crippen molar-refractivity contribution in [1.29, 1.82) is 0 Å². The molecule has 1 aromatic heterocycles. The Morgan fingerprint density at radius 2 is 2.04 bits per heavy atom. The molecule has 1 aromatic carbocycles. The molecule has 0 aliphatic carbocycles. The Balaban J connectivity index is 1.96. The van der Waals surface area contributed by atoms with Gasteiger partial charge in [0.15, 0.2) is 6.73 Å². The fourth-order valence-electron chi connectivity index (χ4n) is 2.68. The molecule has 0 saturated heterocycles. The molecule has 0 fully saturated rings. The van der Waals surface area contributed by atoms with Crippen LogP contribution in [0.4, 0.5) is 0 Å². The van der Waals surface area contributed by atoms with Crippen LogP contribution in [-0.4, -0.2) is 38.4 Å². The van der Waals surface area contributed by atoms with E-state index in [1.54, 1.807) is 23.6 Å². The van der Waals surface area contributed by atoms with Crippen LogP contribution in [-0.2, 0) is 14.8 Å². The van der Waals surface area contributed by atoms with Gasteiger partial charge in [-0.1, -0.05) is 19.9 Å². The van der Waals surface area contributed by atoms with E-state index in [2.05, 4.69) is 0 Å². The highest BCUT2D eigenvalue weighted by Crippen LogP contribution is 2.38. The highest BCUT2D eigenvalue weighted by atomic mass is 32.2. The molecule has 138 valence electrons. The maximum Gasteiger partial charge on any atom is 0.350 e. The minimum absolute atomic E-state index is 0.0911. The molecule has 1 aliphatic heterocycles. The Kier molecular flexibility index (Phi) is 4.76. The molecule has 2 heterocycles. The fourth-order valence-corrected chi connectivity index (χ4v) is 4.76. The zero-order valence-corrected chi connectivity index (χ0v) is 16.0. The molecule has 7 nitrogen and oxygen atoms in total. The standard InChI is InChI=1S/C17H17NO6S2/c1-10(2)12-7-11(23-3)8-14-15(12)16(19)18(26(14,21)22)9-24-17(20)13-5-4-6-25-13/h4-8,10H,9H2,1-3H3. The summed E-state index contributed by atoms with van der Waals surface area (Å²) in [5.74, 6) is -1.13. The maximum absolute atomic E-state index is 12.8. The second-order valence-corrected chi connectivity index (χ2v) is 8.72. The molecule has 2 aromatic rings. The Labute approximate surface area is 155 Å². The number of thiophene rings is 1. The van der Waals surface area contributed by atoms with Gasteiger partial charge in [-0.05, 0) is 29.0 Å². The predicted octanol–water partition coefficient (Wildman–Crippen LogP) is 2.84. The molecular formula is C17H17NO6S2. The fraction of sp³-hybridized carbons (Fsp3) is 0.294. The molecule has 0 atom stereocenters. The van der Waals surface area contributed by atoms with Gasteiger partial charge in [0.05, 0.1) is 12.7 Å². The summed E-state index contributed by atoms with van der Waals surface area (Å²) >= 11 is 1.17. The van der Waals surface area contributed by atoms with Crippen molar-refractivity contribution < 1.29 is 27.5 Å². The molecule has 0 N–H and O–H groups in total. The lowest BCUT2D eigenvalue weighted by Crippen LogP contribution is -2.33. The Morgan fingerprint density at radius 1 is 1.31 bits per heavy atom. The van der Waals surface area contributed by atoms with Gasteiger partial charge >= 0.3 is 5.97 Å². The Morgan fingerprint density at radius 3 is 2.62 bits per heavy atom. The monoisotopic (exact) mass is 395 g/mol. The number of nitrogens with zero attached hydrogens (tertiary/aromatic N) is 1. The molecule has 0 radical (unpaired) electrons. The van der Waals surface area contributed by atoms with Crippen LogP contribution < -0.4 is 4.74 Å². The van der Waals surface area contributed by atoms with E-state index in [4.69, 9.17) is 9.47 Å². The van der Waals surface area contributed by atoms with E-state index in [1.807, 2.05) is 13.8 Å². The zero-order chi connectivity index (χ0) is 19.1. The maximum atomic E-state index is 12.8. The van der Waals surface area contributed by atoms with Crippen LogP contribution in [0.2, 0.25) is 0 Å². The third kappa shape index (κ3) is 2.97. The van der Waals surface area contributed by atoms with E-state index in [-0.39, 0.29) is 16.4 Å². The van der Waals surface area contributed by atoms with E-state index in [1.165, 1.54) is 24.5 Å². The van der Waals surface area contributed by atoms with E-state index in [0.29, 0.717) is 20.5 Å². The average Bonchev–Trinajstić information content (AvgIpc) is 3.19. The number of esters is 1. The third-order valence-electron chi connectivity index (χ3n) is 4.01. The van der Waals surface area contributed by atoms with E-state index < -0.39 is 28.6 Å². The molecule has 1 aliphatic rings. The summed E-state index contributed by atoms with van der Waals surface area (Å²) in [6.07, 6.45) is 0. The van der Waals surface area contributed by atoms with Gasteiger partial charge in [0.25, 0.3) is 15.9 Å². The van der Waals surface area contributed by atoms with Gasteiger partial charge in [-0.2, -0.15) is 4.31 Å². The minimum Gasteiger partial charge on any atom is -0.497 e. The normalized spacial score (nSPS) is 15.2. The van der Waals surface area contributed by atoms with Crippen LogP contribution in [0.5, 0.6) is 5.75 Å². The lowest BCUT2D eigenvalue weighted by atomic mass is 9.96. The number of carbonyl (C=O) groups is 2. The van der Waals surface area contributed by atoms with Crippen molar-refractivity contribution in [2.45, 2.75) is 24.7 Å². The predicted molar refractivity (Wildman–Crippen MR) is 95.0 cm³/mol. The summed E-state index contributed by atoms with van der Waals surface area (Å²) in [4.78, 5) is 24.9. The molecule has 9 heteroatoms. The first-order valence-electron chi connectivity index (χ1n) is 7.77. The van der Waals surface area contributed by atoms with Crippen molar-refractivity contribution in [3.05, 3.63) is 45.6 Å². The third-order valence-corrected chi connectivity index (χ3v) is 6.59. The highest BCUT2D eigenvalue weighted by molar-refractivity contribution is 7.90. The van der Waals surface area contributed by atoms with Gasteiger partial charge in [-0.15, -0.1) is 11.3 Å². The first kappa shape index (κ1) is 18.4. The number of rotatable bonds is 5. The number of carbonyl (C=O) groups excluding carboxylic acids is 2. The summed E-state index contributed by atoms with van der Waals surface area (Å²) in [5.41, 5.74) is 0.674. The minimum atomic E-state index is -4.12. The Hall–Kier alpha value is -2.39. The van der Waals surface area contributed by atoms with Crippen molar-refractivity contribution in [2.24, 2.45) is 0 Å². The molecule has 0 bridgehead atoms. The summed E-state index contributed by atoms with van der Waals surface area (Å²) in [7, 11) is -2.69. The lowest BCUT2D eigenvalue weighted by molar-refractivity contribution is 0.0363. The molecule has 1 amide bonds. The average molecular weight is 395 g/mol. The smallest absolute Gasteiger partial charge is 0.350 e. The van der Waals surface area contributed by atoms with Gasteiger partial charge in [-0.3, -0.25) is 4.79 Å². The van der Waals surface area contributed by atoms with Crippen molar-refractivity contribution in [3.63, 3.8) is 0 Å². The lowest BCUT2D eigenvalue weighted by Gasteiger charge is -2.14. The van der Waals surface area contributed by atoms with Crippen LogP contribution in [0.25, 0.3) is 0 Å². The molecule has 0 spiro atoms. The number of hydrogen-bond donors (Lipinski definition) is 0. The number of amides is 1. The van der Waals surface area contributed by atoms with E-state index in [0.717, 1.165) is 0 Å². The van der Waals surface area contributed by atoms with Crippen LogP contribution in [0.3, 0.4) is 0 Å². The second-order valence-electron chi connectivity index (χ2n) is 5.94. The number of fused-ring (bicyclic) bond motifs is 1. The van der Waals surface area contributed by atoms with Crippen LogP contribution >= 0.6 is 11.3 Å². The van der Waals surface area contributed by atoms with Crippen LogP contribution in [0.15, 0.2) is 34.5 Å². The van der Waals surface area contributed by atoms with Crippen molar-refractivity contribution in [3.8, 4) is 5.75 Å². The Bertz CT molecular complexity index is 963. The molecule has 26 heavy (non-hydrogen) atoms. The molecule has 3 rings (SSSR count). The quantitative estimate of drug-likeness (QED) is 0.723. The molecule has 0 saturated carbocycles. The first-order chi connectivity index (χ1) is 12.3. The summed E-state index contributed by atoms with van der Waals surface area (Å²) in [5, 5.41) is 1.70. The summed E-state index contributed by atoms with van der Waals surface area (Å²) in [6.45, 7) is 3.04. The van der Waals surface area contributed by atoms with Crippen molar-refractivity contribution in [2.75, 3.05) is 13.8 Å². The number of benzene rings is 1. The summed E-state index contributed by atoms with van der Waals surface area (Å²) < 4.78 is 36.4. The van der Waals surface area contributed by atoms with Crippen LogP contribution in [0, 0.1) is 0 Å². The number of methoxy groups -OCH3 is 1. The van der Waals surface area contributed by atoms with Gasteiger partial charge < -0.3 is 9.47 Å². The van der Waals surface area contributed by atoms with Crippen molar-refractivity contribution >= 4 is 33.2 Å². The van der Waals surface area contributed by atoms with Crippen molar-refractivity contribution in [1.82, 2.24) is 4.31 Å². The topological polar surface area (TPSA) is 90.0 Å². The number of hydrogen-bond acceptors (Lipinski definition) is 7. The second kappa shape index (κ2) is 6.73. The molecular weight excluding hydrogens is 378 g/mol. The van der Waals surface area contributed by atoms with Crippen LogP contribution in [0.1, 0.15) is 45.4 Å². The van der Waals surface area contributed by atoms with Gasteiger partial charge in [-0.25, -0.2) is 13.2 Å². The molecule has 0 unspecified atom stereocenters. The largest absolute Gasteiger partial charge is 0.497 e. The summed E-state index contributed by atoms with van der Waals surface area (Å²) in [6, 6.07) is 6.20. The number of ether oxygens (including phenoxy) is 2.